The minimum atomic E-state index is -2.18. The van der Waals surface area contributed by atoms with Crippen LogP contribution in [0.5, 0.6) is 0 Å². The van der Waals surface area contributed by atoms with Crippen LogP contribution >= 0.6 is 17.0 Å². The number of benzene rings is 2. The molecule has 6 rings (SSSR count). The van der Waals surface area contributed by atoms with Crippen LogP contribution in [0.2, 0.25) is 11.1 Å². The van der Waals surface area contributed by atoms with Crippen molar-refractivity contribution in [2.45, 2.75) is 43.2 Å². The average molecular weight is 667 g/mol. The van der Waals surface area contributed by atoms with Crippen LogP contribution in [0.15, 0.2) is 122 Å². The summed E-state index contributed by atoms with van der Waals surface area (Å²) >= 11 is -0.826. The standard InChI is InChI=1S/C34H38Si.2CH3.2ClH.Zr/c1-2-3-14-26-23-24-29(25-26)35(27-15-6-4-7-16-27,28-17-8-5-9-18-28)34-32-21-12-10-19-30(32)31-20-11-13-22-33(31)34;;;;;/h2,4-13,15-22,26,29-34H,1,3,14,23-25H2;2*1H3;2*1H;/q;2*-1;;;+4/p-2. The van der Waals surface area contributed by atoms with Crippen molar-refractivity contribution in [1.29, 1.82) is 0 Å². The van der Waals surface area contributed by atoms with Crippen LogP contribution in [0.25, 0.3) is 0 Å². The van der Waals surface area contributed by atoms with Crippen LogP contribution < -0.4 is 10.4 Å². The number of allylic oxidation sites excluding steroid dienone is 9. The van der Waals surface area contributed by atoms with Gasteiger partial charge in [-0.05, 0) is 59.9 Å². The molecule has 2 aromatic carbocycles. The summed E-state index contributed by atoms with van der Waals surface area (Å²) < 4.78 is 0. The first-order valence-corrected chi connectivity index (χ1v) is 22.6. The molecule has 0 radical (unpaired) electrons. The van der Waals surface area contributed by atoms with Crippen molar-refractivity contribution in [2.75, 3.05) is 0 Å². The molecule has 6 unspecified atom stereocenters. The van der Waals surface area contributed by atoms with Crippen LogP contribution in [0.3, 0.4) is 0 Å². The Kier molecular flexibility index (Phi) is 13.2. The van der Waals surface area contributed by atoms with E-state index in [1.807, 2.05) is 0 Å². The molecule has 4 aliphatic carbocycles. The quantitative estimate of drug-likeness (QED) is 0.157. The second-order valence-electron chi connectivity index (χ2n) is 11.3. The van der Waals surface area contributed by atoms with Crippen LogP contribution in [0.4, 0.5) is 0 Å². The summed E-state index contributed by atoms with van der Waals surface area (Å²) in [6, 6.07) is 23.7. The van der Waals surface area contributed by atoms with Gasteiger partial charge in [-0.15, -0.1) is 6.58 Å². The molecule has 0 spiro atoms. The summed E-state index contributed by atoms with van der Waals surface area (Å²) in [4.78, 5) is 0. The Balaban J connectivity index is 0.000000846. The first-order valence-electron chi connectivity index (χ1n) is 14.1. The molecule has 2 saturated carbocycles. The van der Waals surface area contributed by atoms with E-state index in [9.17, 15) is 0 Å². The Labute approximate surface area is 264 Å². The van der Waals surface area contributed by atoms with Crippen molar-refractivity contribution in [3.05, 3.63) is 137 Å². The van der Waals surface area contributed by atoms with E-state index < -0.39 is 28.9 Å². The van der Waals surface area contributed by atoms with Gasteiger partial charge in [0.15, 0.2) is 0 Å². The SMILES string of the molecule is C=CCCC1CCC([Si](c2ccccc2)(c2ccccc2)C2C3C=CC=CC3C3C=CC=CC32)C1.[CH3-].[CH3-].[Cl][Zr+2][Cl]. The number of hydrogen-bond donors (Lipinski definition) is 0. The molecule has 0 aliphatic heterocycles. The Morgan fingerprint density at radius 2 is 1.18 bits per heavy atom. The monoisotopic (exact) mass is 664 g/mol. The van der Waals surface area contributed by atoms with E-state index in [-0.39, 0.29) is 14.9 Å². The summed E-state index contributed by atoms with van der Waals surface area (Å²) in [6.45, 7) is 4.02. The Morgan fingerprint density at radius 3 is 1.62 bits per heavy atom. The van der Waals surface area contributed by atoms with Gasteiger partial charge in [-0.2, -0.15) is 0 Å². The van der Waals surface area contributed by atoms with Gasteiger partial charge in [-0.3, -0.25) is 0 Å². The van der Waals surface area contributed by atoms with E-state index >= 15 is 0 Å². The van der Waals surface area contributed by atoms with Gasteiger partial charge in [0.25, 0.3) is 0 Å². The molecule has 40 heavy (non-hydrogen) atoms. The van der Waals surface area contributed by atoms with Crippen molar-refractivity contribution >= 4 is 35.5 Å². The minimum absolute atomic E-state index is 0. The van der Waals surface area contributed by atoms with Crippen LogP contribution in [-0.4, -0.2) is 8.07 Å². The zero-order valence-electron chi connectivity index (χ0n) is 24.0. The third kappa shape index (κ3) is 6.41. The average Bonchev–Trinajstić information content (AvgIpc) is 3.58. The molecule has 4 heteroatoms. The first-order chi connectivity index (χ1) is 18.7. The molecule has 6 atom stereocenters. The number of halogens is 2. The zero-order valence-corrected chi connectivity index (χ0v) is 29.0. The Morgan fingerprint density at radius 1 is 0.725 bits per heavy atom. The predicted molar refractivity (Wildman–Crippen MR) is 177 cm³/mol. The number of hydrogen-bond acceptors (Lipinski definition) is 0. The number of fused-ring (bicyclic) bond motifs is 3. The number of rotatable bonds is 7. The second kappa shape index (κ2) is 15.9. The fourth-order valence-corrected chi connectivity index (χ4v) is 15.7. The normalized spacial score (nSPS) is 29.1. The predicted octanol–water partition coefficient (Wildman–Crippen LogP) is 9.76. The van der Waals surface area contributed by atoms with Crippen molar-refractivity contribution in [1.82, 2.24) is 0 Å². The van der Waals surface area contributed by atoms with Gasteiger partial charge in [0.05, 0.1) is 0 Å². The van der Waals surface area contributed by atoms with E-state index in [0.717, 1.165) is 17.9 Å². The fraction of sp³-hybridized carbons (Fsp3) is 0.333. The van der Waals surface area contributed by atoms with Gasteiger partial charge in [0.2, 0.25) is 0 Å². The van der Waals surface area contributed by atoms with Crippen molar-refractivity contribution in [3.8, 4) is 0 Å². The van der Waals surface area contributed by atoms with Crippen LogP contribution in [0.1, 0.15) is 32.1 Å². The molecule has 0 aromatic heterocycles. The maximum atomic E-state index is 4.93. The van der Waals surface area contributed by atoms with Crippen LogP contribution in [0, 0.1) is 44.4 Å². The molecule has 2 aromatic rings. The molecule has 0 heterocycles. The van der Waals surface area contributed by atoms with E-state index in [0.29, 0.717) is 29.2 Å². The summed E-state index contributed by atoms with van der Waals surface area (Å²) in [7, 11) is 7.69. The molecule has 0 nitrogen and oxygen atoms in total. The van der Waals surface area contributed by atoms with Gasteiger partial charge in [0.1, 0.15) is 8.07 Å². The Bertz CT molecular complexity index is 1100. The van der Waals surface area contributed by atoms with E-state index in [1.165, 1.54) is 25.7 Å². The Hall–Kier alpha value is -1.18. The molecule has 2 fully saturated rings. The second-order valence-corrected chi connectivity index (χ2v) is 19.4. The molecule has 210 valence electrons. The zero-order chi connectivity index (χ0) is 26.4. The molecular formula is C36H44Cl2SiZr. The molecule has 0 saturated heterocycles. The summed E-state index contributed by atoms with van der Waals surface area (Å²) in [5, 5.41) is 3.33. The molecule has 4 aliphatic rings. The van der Waals surface area contributed by atoms with E-state index in [2.05, 4.69) is 122 Å². The summed E-state index contributed by atoms with van der Waals surface area (Å²) in [5.74, 6) is 3.30. The van der Waals surface area contributed by atoms with Crippen molar-refractivity contribution in [2.24, 2.45) is 29.6 Å². The van der Waals surface area contributed by atoms with E-state index in [1.54, 1.807) is 10.4 Å². The van der Waals surface area contributed by atoms with Crippen molar-refractivity contribution in [3.63, 3.8) is 0 Å². The third-order valence-corrected chi connectivity index (χ3v) is 15.9. The van der Waals surface area contributed by atoms with Crippen LogP contribution in [-0.2, 0) is 20.8 Å². The van der Waals surface area contributed by atoms with Crippen molar-refractivity contribution < 1.29 is 20.8 Å². The molecule has 0 N–H and O–H groups in total. The fourth-order valence-electron chi connectivity index (χ4n) is 8.46. The van der Waals surface area contributed by atoms with E-state index in [4.69, 9.17) is 17.0 Å². The molecule has 0 bridgehead atoms. The molecule has 0 amide bonds. The molecular weight excluding hydrogens is 623 g/mol. The van der Waals surface area contributed by atoms with Gasteiger partial charge < -0.3 is 14.9 Å². The summed E-state index contributed by atoms with van der Waals surface area (Å²) in [5.41, 5.74) is 1.46. The van der Waals surface area contributed by atoms with Gasteiger partial charge in [-0.1, -0.05) is 139 Å². The van der Waals surface area contributed by atoms with Gasteiger partial charge >= 0.3 is 37.9 Å². The van der Waals surface area contributed by atoms with Gasteiger partial charge in [0, 0.05) is 0 Å². The maximum absolute atomic E-state index is 4.93. The third-order valence-electron chi connectivity index (χ3n) is 9.71. The summed E-state index contributed by atoms with van der Waals surface area (Å²) in [6.07, 6.45) is 28.3. The topological polar surface area (TPSA) is 0 Å². The first kappa shape index (κ1) is 33.3. The van der Waals surface area contributed by atoms with Gasteiger partial charge in [-0.25, -0.2) is 0 Å².